The van der Waals surface area contributed by atoms with E-state index in [9.17, 15) is 15.0 Å². The highest BCUT2D eigenvalue weighted by Gasteiger charge is 2.44. The SMILES string of the molecule is COCCCC[C@@](O)(c1ccccc1OCCC1CC1)C1CCCN(C(=O)[C@H]2C[C@@H](N)[C@@H](O)C2)C1. The third-order valence-corrected chi connectivity index (χ3v) is 8.33. The highest BCUT2D eigenvalue weighted by Crippen LogP contribution is 2.44. The summed E-state index contributed by atoms with van der Waals surface area (Å²) in [5, 5.41) is 22.4. The molecule has 0 radical (unpaired) electrons. The second-order valence-corrected chi connectivity index (χ2v) is 11.0. The number of hydrogen-bond donors (Lipinski definition) is 3. The van der Waals surface area contributed by atoms with Gasteiger partial charge in [-0.2, -0.15) is 0 Å². The van der Waals surface area contributed by atoms with Crippen LogP contribution in [0, 0.1) is 17.8 Å². The molecule has 1 aromatic rings. The summed E-state index contributed by atoms with van der Waals surface area (Å²) in [7, 11) is 1.70. The van der Waals surface area contributed by atoms with Gasteiger partial charge in [-0.25, -0.2) is 0 Å². The first kappa shape index (κ1) is 26.4. The number of unbranched alkanes of at least 4 members (excludes halogenated alkanes) is 1. The van der Waals surface area contributed by atoms with Crippen molar-refractivity contribution in [3.05, 3.63) is 29.8 Å². The normalized spacial score (nSPS) is 28.6. The molecule has 0 bridgehead atoms. The number of piperidine rings is 1. The first-order valence-corrected chi connectivity index (χ1v) is 13.6. The van der Waals surface area contributed by atoms with Gasteiger partial charge in [0.25, 0.3) is 0 Å². The average Bonchev–Trinajstić information content (AvgIpc) is 3.64. The minimum Gasteiger partial charge on any atom is -0.493 e. The molecule has 3 aliphatic rings. The molecule has 196 valence electrons. The zero-order valence-electron chi connectivity index (χ0n) is 21.2. The van der Waals surface area contributed by atoms with Crippen LogP contribution in [0.5, 0.6) is 5.75 Å². The lowest BCUT2D eigenvalue weighted by Gasteiger charge is -2.44. The summed E-state index contributed by atoms with van der Waals surface area (Å²) in [6.45, 7) is 2.53. The molecule has 0 aromatic heterocycles. The molecule has 4 N–H and O–H groups in total. The summed E-state index contributed by atoms with van der Waals surface area (Å²) < 4.78 is 11.5. The van der Waals surface area contributed by atoms with Gasteiger partial charge in [-0.15, -0.1) is 0 Å². The molecule has 2 aliphatic carbocycles. The number of para-hydroxylation sites is 1. The number of hydrogen-bond acceptors (Lipinski definition) is 6. The second kappa shape index (κ2) is 12.0. The maximum Gasteiger partial charge on any atom is 0.225 e. The highest BCUT2D eigenvalue weighted by molar-refractivity contribution is 5.79. The summed E-state index contributed by atoms with van der Waals surface area (Å²) in [6, 6.07) is 7.57. The van der Waals surface area contributed by atoms with E-state index in [4.69, 9.17) is 15.2 Å². The van der Waals surface area contributed by atoms with Crippen molar-refractivity contribution in [2.75, 3.05) is 33.4 Å². The van der Waals surface area contributed by atoms with Gasteiger partial charge in [0.1, 0.15) is 5.75 Å². The molecule has 7 heteroatoms. The van der Waals surface area contributed by atoms with Gasteiger partial charge in [0.15, 0.2) is 0 Å². The predicted octanol–water partition coefficient (Wildman–Crippen LogP) is 3.21. The molecule has 35 heavy (non-hydrogen) atoms. The van der Waals surface area contributed by atoms with E-state index in [-0.39, 0.29) is 23.8 Å². The van der Waals surface area contributed by atoms with E-state index in [2.05, 4.69) is 0 Å². The van der Waals surface area contributed by atoms with E-state index in [1.807, 2.05) is 29.2 Å². The smallest absolute Gasteiger partial charge is 0.225 e. The van der Waals surface area contributed by atoms with Crippen LogP contribution in [0.1, 0.15) is 69.8 Å². The average molecular weight is 489 g/mol. The van der Waals surface area contributed by atoms with Crippen molar-refractivity contribution >= 4 is 5.91 Å². The number of rotatable bonds is 12. The Hall–Kier alpha value is -1.67. The Morgan fingerprint density at radius 3 is 2.69 bits per heavy atom. The number of ether oxygens (including phenoxy) is 2. The second-order valence-electron chi connectivity index (χ2n) is 11.0. The van der Waals surface area contributed by atoms with E-state index >= 15 is 0 Å². The lowest BCUT2D eigenvalue weighted by Crippen LogP contribution is -2.49. The van der Waals surface area contributed by atoms with Crippen molar-refractivity contribution in [3.8, 4) is 5.75 Å². The Bertz CT molecular complexity index is 821. The summed E-state index contributed by atoms with van der Waals surface area (Å²) in [4.78, 5) is 15.2. The molecule has 1 aliphatic heterocycles. The number of aliphatic hydroxyl groups excluding tert-OH is 1. The maximum absolute atomic E-state index is 13.3. The molecule has 5 atom stereocenters. The number of nitrogens with two attached hydrogens (primary N) is 1. The van der Waals surface area contributed by atoms with Crippen LogP contribution in [0.2, 0.25) is 0 Å². The van der Waals surface area contributed by atoms with Gasteiger partial charge in [0, 0.05) is 50.2 Å². The van der Waals surface area contributed by atoms with Crippen LogP contribution in [-0.2, 0) is 15.1 Å². The monoisotopic (exact) mass is 488 g/mol. The maximum atomic E-state index is 13.3. The lowest BCUT2D eigenvalue weighted by molar-refractivity contribution is -0.141. The molecular formula is C28H44N2O5. The molecule has 1 saturated heterocycles. The number of likely N-dealkylation sites (tertiary alicyclic amines) is 1. The van der Waals surface area contributed by atoms with Crippen molar-refractivity contribution in [1.82, 2.24) is 4.90 Å². The predicted molar refractivity (Wildman–Crippen MR) is 135 cm³/mol. The number of benzene rings is 1. The van der Waals surface area contributed by atoms with Gasteiger partial charge >= 0.3 is 0 Å². The Balaban J connectivity index is 1.51. The van der Waals surface area contributed by atoms with Crippen molar-refractivity contribution in [2.45, 2.75) is 82.0 Å². The summed E-state index contributed by atoms with van der Waals surface area (Å²) in [5.74, 6) is 1.30. The third-order valence-electron chi connectivity index (χ3n) is 8.33. The lowest BCUT2D eigenvalue weighted by atomic mass is 9.73. The largest absolute Gasteiger partial charge is 0.493 e. The van der Waals surface area contributed by atoms with E-state index in [1.165, 1.54) is 12.8 Å². The number of nitrogens with zero attached hydrogens (tertiary/aromatic N) is 1. The van der Waals surface area contributed by atoms with Gasteiger partial charge in [-0.3, -0.25) is 4.79 Å². The van der Waals surface area contributed by atoms with Crippen molar-refractivity contribution in [1.29, 1.82) is 0 Å². The number of methoxy groups -OCH3 is 1. The van der Waals surface area contributed by atoms with Gasteiger partial charge in [0.2, 0.25) is 5.91 Å². The van der Waals surface area contributed by atoms with Crippen LogP contribution < -0.4 is 10.5 Å². The Labute approximate surface area is 210 Å². The highest BCUT2D eigenvalue weighted by atomic mass is 16.5. The van der Waals surface area contributed by atoms with Crippen LogP contribution in [0.4, 0.5) is 0 Å². The first-order chi connectivity index (χ1) is 16.9. The summed E-state index contributed by atoms with van der Waals surface area (Å²) in [6.07, 6.45) is 8.00. The minimum atomic E-state index is -1.09. The fourth-order valence-electron chi connectivity index (χ4n) is 5.97. The molecule has 1 unspecified atom stereocenters. The van der Waals surface area contributed by atoms with Crippen molar-refractivity contribution < 1.29 is 24.5 Å². The fourth-order valence-corrected chi connectivity index (χ4v) is 5.97. The standard InChI is InChI=1S/C28H44N2O5/c1-34-15-5-4-13-28(33,23-8-2-3-9-26(23)35-16-12-20-10-11-20)22-7-6-14-30(19-22)27(32)21-17-24(29)25(31)18-21/h2-3,8-9,20-22,24-25,31,33H,4-7,10-19,29H2,1H3/t21-,22?,24+,25-,28-/m0/s1. The molecule has 0 spiro atoms. The molecule has 7 nitrogen and oxygen atoms in total. The zero-order valence-corrected chi connectivity index (χ0v) is 21.2. The topological polar surface area (TPSA) is 105 Å². The van der Waals surface area contributed by atoms with Crippen molar-refractivity contribution in [2.24, 2.45) is 23.5 Å². The van der Waals surface area contributed by atoms with Gasteiger partial charge in [-0.1, -0.05) is 31.0 Å². The van der Waals surface area contributed by atoms with E-state index in [0.717, 1.165) is 49.3 Å². The Kier molecular flexibility index (Phi) is 9.08. The van der Waals surface area contributed by atoms with Crippen LogP contribution in [0.25, 0.3) is 0 Å². The molecule has 3 fully saturated rings. The fraction of sp³-hybridized carbons (Fsp3) is 0.750. The summed E-state index contributed by atoms with van der Waals surface area (Å²) in [5.41, 5.74) is 5.73. The number of carbonyl (C=O) groups is 1. The molecule has 2 saturated carbocycles. The third kappa shape index (κ3) is 6.56. The number of carbonyl (C=O) groups excluding carboxylic acids is 1. The van der Waals surface area contributed by atoms with Crippen LogP contribution in [0.15, 0.2) is 24.3 Å². The molecular weight excluding hydrogens is 444 g/mol. The van der Waals surface area contributed by atoms with E-state index in [1.54, 1.807) is 7.11 Å². The Morgan fingerprint density at radius 2 is 1.97 bits per heavy atom. The minimum absolute atomic E-state index is 0.0670. The van der Waals surface area contributed by atoms with Crippen LogP contribution >= 0.6 is 0 Å². The van der Waals surface area contributed by atoms with Gasteiger partial charge in [-0.05, 0) is 63.4 Å². The molecule has 4 rings (SSSR count). The van der Waals surface area contributed by atoms with E-state index in [0.29, 0.717) is 45.6 Å². The van der Waals surface area contributed by atoms with Gasteiger partial charge < -0.3 is 30.3 Å². The number of amides is 1. The quantitative estimate of drug-likeness (QED) is 0.390. The Morgan fingerprint density at radius 1 is 1.17 bits per heavy atom. The first-order valence-electron chi connectivity index (χ1n) is 13.6. The van der Waals surface area contributed by atoms with Crippen LogP contribution in [0.3, 0.4) is 0 Å². The van der Waals surface area contributed by atoms with Crippen LogP contribution in [-0.4, -0.2) is 66.6 Å². The molecule has 1 heterocycles. The van der Waals surface area contributed by atoms with Gasteiger partial charge in [0.05, 0.1) is 18.3 Å². The summed E-state index contributed by atoms with van der Waals surface area (Å²) >= 11 is 0. The number of aliphatic hydroxyl groups is 2. The van der Waals surface area contributed by atoms with E-state index < -0.39 is 11.7 Å². The zero-order chi connectivity index (χ0) is 24.8. The molecule has 1 amide bonds. The van der Waals surface area contributed by atoms with Crippen molar-refractivity contribution in [3.63, 3.8) is 0 Å². The molecule has 1 aromatic carbocycles.